The molecule has 0 bridgehead atoms. The maximum Gasteiger partial charge on any atom is 0.234 e. The zero-order valence-corrected chi connectivity index (χ0v) is 17.9. The van der Waals surface area contributed by atoms with Gasteiger partial charge >= 0.3 is 0 Å². The number of thioether (sulfide) groups is 1. The first kappa shape index (κ1) is 20.9. The molecule has 0 fully saturated rings. The molecular formula is C23H26N4OS. The normalized spacial score (nSPS) is 10.9. The molecule has 1 heterocycles. The molecule has 6 heteroatoms. The average molecular weight is 407 g/mol. The molecule has 0 radical (unpaired) electrons. The molecule has 1 amide bonds. The number of hydrogen-bond acceptors (Lipinski definition) is 4. The van der Waals surface area contributed by atoms with Gasteiger partial charge in [-0.3, -0.25) is 9.36 Å². The van der Waals surface area contributed by atoms with Gasteiger partial charge in [0.25, 0.3) is 0 Å². The van der Waals surface area contributed by atoms with Crippen LogP contribution in [-0.4, -0.2) is 26.4 Å². The van der Waals surface area contributed by atoms with Crippen LogP contribution in [0.4, 0.5) is 5.69 Å². The van der Waals surface area contributed by atoms with Crippen LogP contribution in [-0.2, 0) is 11.3 Å². The Bertz CT molecular complexity index is 975. The van der Waals surface area contributed by atoms with Gasteiger partial charge in [-0.05, 0) is 30.5 Å². The molecule has 0 aliphatic heterocycles. The van der Waals surface area contributed by atoms with E-state index in [0.717, 1.165) is 22.6 Å². The Balaban J connectivity index is 1.71. The van der Waals surface area contributed by atoms with Gasteiger partial charge in [0.15, 0.2) is 11.0 Å². The van der Waals surface area contributed by atoms with E-state index in [9.17, 15) is 4.79 Å². The highest BCUT2D eigenvalue weighted by atomic mass is 32.2. The molecule has 0 unspecified atom stereocenters. The third-order valence-corrected chi connectivity index (χ3v) is 5.50. The SMILES string of the molecule is C=CCn1c(SCC(=O)Nc2ccc(C)cc2)nnc1-c1ccc(C(C)C)cc1. The first-order chi connectivity index (χ1) is 14.0. The minimum absolute atomic E-state index is 0.0742. The number of nitrogens with one attached hydrogen (secondary N) is 1. The molecule has 3 aromatic rings. The number of aryl methyl sites for hydroxylation is 1. The van der Waals surface area contributed by atoms with Crippen molar-refractivity contribution in [3.63, 3.8) is 0 Å². The molecule has 150 valence electrons. The monoisotopic (exact) mass is 406 g/mol. The van der Waals surface area contributed by atoms with Crippen molar-refractivity contribution in [1.82, 2.24) is 14.8 Å². The van der Waals surface area contributed by atoms with Crippen molar-refractivity contribution < 1.29 is 4.79 Å². The second-order valence-corrected chi connectivity index (χ2v) is 8.13. The van der Waals surface area contributed by atoms with Gasteiger partial charge in [-0.2, -0.15) is 0 Å². The fourth-order valence-electron chi connectivity index (χ4n) is 2.88. The molecule has 0 aliphatic carbocycles. The number of carbonyl (C=O) groups excluding carboxylic acids is 1. The van der Waals surface area contributed by atoms with Gasteiger partial charge < -0.3 is 5.32 Å². The number of rotatable bonds is 8. The maximum atomic E-state index is 12.3. The fraction of sp³-hybridized carbons (Fsp3) is 0.261. The zero-order chi connectivity index (χ0) is 20.8. The van der Waals surface area contributed by atoms with Crippen LogP contribution in [0, 0.1) is 6.92 Å². The number of anilines is 1. The van der Waals surface area contributed by atoms with Crippen LogP contribution < -0.4 is 5.32 Å². The van der Waals surface area contributed by atoms with Crippen LogP contribution in [0.3, 0.4) is 0 Å². The predicted octanol–water partition coefficient (Wildman–Crippen LogP) is 5.29. The lowest BCUT2D eigenvalue weighted by Gasteiger charge is -2.10. The van der Waals surface area contributed by atoms with Crippen molar-refractivity contribution >= 4 is 23.4 Å². The van der Waals surface area contributed by atoms with E-state index >= 15 is 0 Å². The van der Waals surface area contributed by atoms with Crippen molar-refractivity contribution in [3.05, 3.63) is 72.3 Å². The summed E-state index contributed by atoms with van der Waals surface area (Å²) >= 11 is 1.37. The number of amides is 1. The van der Waals surface area contributed by atoms with E-state index in [2.05, 4.69) is 60.2 Å². The summed E-state index contributed by atoms with van der Waals surface area (Å²) in [5, 5.41) is 12.3. The fourth-order valence-corrected chi connectivity index (χ4v) is 3.63. The van der Waals surface area contributed by atoms with Crippen molar-refractivity contribution in [3.8, 4) is 11.4 Å². The van der Waals surface area contributed by atoms with Gasteiger partial charge in [0.1, 0.15) is 0 Å². The predicted molar refractivity (Wildman–Crippen MR) is 120 cm³/mol. The van der Waals surface area contributed by atoms with Crippen molar-refractivity contribution in [2.75, 3.05) is 11.1 Å². The molecular weight excluding hydrogens is 380 g/mol. The van der Waals surface area contributed by atoms with E-state index < -0.39 is 0 Å². The number of nitrogens with zero attached hydrogens (tertiary/aromatic N) is 3. The summed E-state index contributed by atoms with van der Waals surface area (Å²) in [4.78, 5) is 12.3. The molecule has 0 atom stereocenters. The summed E-state index contributed by atoms with van der Waals surface area (Å²) in [6.45, 7) is 10.8. The van der Waals surface area contributed by atoms with Crippen LogP contribution >= 0.6 is 11.8 Å². The van der Waals surface area contributed by atoms with E-state index in [1.807, 2.05) is 41.8 Å². The molecule has 29 heavy (non-hydrogen) atoms. The highest BCUT2D eigenvalue weighted by Gasteiger charge is 2.15. The van der Waals surface area contributed by atoms with Gasteiger partial charge in [0, 0.05) is 17.8 Å². The highest BCUT2D eigenvalue weighted by molar-refractivity contribution is 7.99. The van der Waals surface area contributed by atoms with E-state index in [1.165, 1.54) is 17.3 Å². The van der Waals surface area contributed by atoms with Gasteiger partial charge in [-0.1, -0.05) is 73.6 Å². The molecule has 3 rings (SSSR count). The standard InChI is InChI=1S/C23H26N4OS/c1-5-14-27-22(19-10-8-18(9-11-19)16(2)3)25-26-23(27)29-15-21(28)24-20-12-6-17(4)7-13-20/h5-13,16H,1,14-15H2,2-4H3,(H,24,28). The first-order valence-electron chi connectivity index (χ1n) is 9.61. The number of allylic oxidation sites excluding steroid dienone is 1. The molecule has 5 nitrogen and oxygen atoms in total. The summed E-state index contributed by atoms with van der Waals surface area (Å²) in [5.74, 6) is 1.44. The summed E-state index contributed by atoms with van der Waals surface area (Å²) < 4.78 is 1.99. The smallest absolute Gasteiger partial charge is 0.234 e. The molecule has 2 aromatic carbocycles. The van der Waals surface area contributed by atoms with E-state index in [0.29, 0.717) is 17.6 Å². The van der Waals surface area contributed by atoms with Gasteiger partial charge in [0.05, 0.1) is 5.75 Å². The van der Waals surface area contributed by atoms with Crippen molar-refractivity contribution in [2.24, 2.45) is 0 Å². The van der Waals surface area contributed by atoms with Crippen molar-refractivity contribution in [2.45, 2.75) is 38.4 Å². The number of aromatic nitrogens is 3. The molecule has 0 aliphatic rings. The number of hydrogen-bond donors (Lipinski definition) is 1. The molecule has 1 aromatic heterocycles. The van der Waals surface area contributed by atoms with Gasteiger partial charge in [-0.15, -0.1) is 16.8 Å². The maximum absolute atomic E-state index is 12.3. The topological polar surface area (TPSA) is 59.8 Å². The minimum atomic E-state index is -0.0742. The number of benzene rings is 2. The Morgan fingerprint density at radius 2 is 1.83 bits per heavy atom. The van der Waals surface area contributed by atoms with Gasteiger partial charge in [-0.25, -0.2) is 0 Å². The van der Waals surface area contributed by atoms with Crippen LogP contribution in [0.25, 0.3) is 11.4 Å². The lowest BCUT2D eigenvalue weighted by molar-refractivity contribution is -0.113. The summed E-state index contributed by atoms with van der Waals surface area (Å²) in [6, 6.07) is 16.1. The van der Waals surface area contributed by atoms with E-state index in [1.54, 1.807) is 0 Å². The molecule has 1 N–H and O–H groups in total. The Kier molecular flexibility index (Phi) is 6.88. The minimum Gasteiger partial charge on any atom is -0.325 e. The van der Waals surface area contributed by atoms with Gasteiger partial charge in [0.2, 0.25) is 5.91 Å². The van der Waals surface area contributed by atoms with Crippen molar-refractivity contribution in [1.29, 1.82) is 0 Å². The number of carbonyl (C=O) groups is 1. The third kappa shape index (κ3) is 5.35. The van der Waals surface area contributed by atoms with E-state index in [-0.39, 0.29) is 11.7 Å². The summed E-state index contributed by atoms with van der Waals surface area (Å²) in [6.07, 6.45) is 1.81. The second-order valence-electron chi connectivity index (χ2n) is 7.19. The van der Waals surface area contributed by atoms with E-state index in [4.69, 9.17) is 0 Å². The molecule has 0 saturated heterocycles. The zero-order valence-electron chi connectivity index (χ0n) is 17.1. The highest BCUT2D eigenvalue weighted by Crippen LogP contribution is 2.26. The molecule has 0 saturated carbocycles. The largest absolute Gasteiger partial charge is 0.325 e. The lowest BCUT2D eigenvalue weighted by atomic mass is 10.0. The Morgan fingerprint density at radius 1 is 1.14 bits per heavy atom. The summed E-state index contributed by atoms with van der Waals surface area (Å²) in [5.41, 5.74) is 4.23. The van der Waals surface area contributed by atoms with Crippen LogP contribution in [0.2, 0.25) is 0 Å². The molecule has 0 spiro atoms. The first-order valence-corrected chi connectivity index (χ1v) is 10.6. The Labute approximate surface area is 176 Å². The third-order valence-electron chi connectivity index (χ3n) is 4.53. The summed E-state index contributed by atoms with van der Waals surface area (Å²) in [7, 11) is 0. The lowest BCUT2D eigenvalue weighted by Crippen LogP contribution is -2.14. The quantitative estimate of drug-likeness (QED) is 0.408. The Morgan fingerprint density at radius 3 is 2.45 bits per heavy atom. The van der Waals surface area contributed by atoms with Crippen LogP contribution in [0.5, 0.6) is 0 Å². The average Bonchev–Trinajstić information content (AvgIpc) is 3.11. The van der Waals surface area contributed by atoms with Crippen LogP contribution in [0.1, 0.15) is 30.9 Å². The second kappa shape index (κ2) is 9.56. The Hall–Kier alpha value is -2.86. The van der Waals surface area contributed by atoms with Crippen LogP contribution in [0.15, 0.2) is 66.3 Å².